The topological polar surface area (TPSA) is 115 Å². The SMILES string of the molecule is CCOc1cccc([C@H]2C(=C(O)c3ccc4c(c3)C[C@@H](C)O4)C(=O)C(=O)N2c2nc(C)c(C(=O)OC)s2)c1. The highest BCUT2D eigenvalue weighted by Gasteiger charge is 2.48. The molecule has 0 bridgehead atoms. The third kappa shape index (κ3) is 4.30. The summed E-state index contributed by atoms with van der Waals surface area (Å²) in [5.41, 5.74) is 2.14. The number of rotatable bonds is 6. The van der Waals surface area contributed by atoms with E-state index in [-0.39, 0.29) is 27.4 Å². The first-order chi connectivity index (χ1) is 18.2. The van der Waals surface area contributed by atoms with E-state index >= 15 is 0 Å². The maximum absolute atomic E-state index is 13.5. The molecule has 3 aromatic rings. The van der Waals surface area contributed by atoms with Gasteiger partial charge in [0.1, 0.15) is 28.2 Å². The second kappa shape index (κ2) is 9.94. The highest BCUT2D eigenvalue weighted by atomic mass is 32.1. The van der Waals surface area contributed by atoms with Crippen molar-refractivity contribution in [2.75, 3.05) is 18.6 Å². The normalized spacial score (nSPS) is 19.8. The lowest BCUT2D eigenvalue weighted by Crippen LogP contribution is -2.29. The van der Waals surface area contributed by atoms with E-state index in [1.165, 1.54) is 12.0 Å². The fraction of sp³-hybridized carbons (Fsp3) is 0.286. The van der Waals surface area contributed by atoms with Crippen LogP contribution in [0.4, 0.5) is 5.13 Å². The number of carbonyl (C=O) groups excluding carboxylic acids is 3. The van der Waals surface area contributed by atoms with Gasteiger partial charge in [-0.2, -0.15) is 0 Å². The van der Waals surface area contributed by atoms with E-state index in [0.29, 0.717) is 35.6 Å². The van der Waals surface area contributed by atoms with Crippen LogP contribution >= 0.6 is 11.3 Å². The molecule has 1 amide bonds. The number of thiazole rings is 1. The predicted molar refractivity (Wildman–Crippen MR) is 141 cm³/mol. The van der Waals surface area contributed by atoms with Gasteiger partial charge >= 0.3 is 11.9 Å². The Bertz CT molecular complexity index is 1490. The third-order valence-electron chi connectivity index (χ3n) is 6.46. The molecule has 38 heavy (non-hydrogen) atoms. The standard InChI is InChI=1S/C28H26N2O7S/c1-5-36-19-8-6-7-16(13-19)22-21(23(31)17-9-10-20-18(12-17)11-14(2)37-20)24(32)26(33)30(22)28-29-15(3)25(38-28)27(34)35-4/h6-10,12-14,22,31H,5,11H2,1-4H3/t14-,22+/m1/s1. The Labute approximate surface area is 223 Å². The molecule has 9 nitrogen and oxygen atoms in total. The Hall–Kier alpha value is -4.18. The van der Waals surface area contributed by atoms with Gasteiger partial charge in [-0.05, 0) is 62.2 Å². The lowest BCUT2D eigenvalue weighted by atomic mass is 9.94. The van der Waals surface area contributed by atoms with Crippen molar-refractivity contribution in [2.45, 2.75) is 39.3 Å². The lowest BCUT2D eigenvalue weighted by Gasteiger charge is -2.23. The van der Waals surface area contributed by atoms with Gasteiger partial charge in [0, 0.05) is 12.0 Å². The Balaban J connectivity index is 1.69. The summed E-state index contributed by atoms with van der Waals surface area (Å²) < 4.78 is 16.3. The third-order valence-corrected chi connectivity index (χ3v) is 7.60. The molecule has 0 radical (unpaired) electrons. The first-order valence-electron chi connectivity index (χ1n) is 12.1. The van der Waals surface area contributed by atoms with E-state index in [1.54, 1.807) is 49.4 Å². The number of ether oxygens (including phenoxy) is 3. The largest absolute Gasteiger partial charge is 0.507 e. The number of hydrogen-bond acceptors (Lipinski definition) is 9. The number of nitrogens with zero attached hydrogens (tertiary/aromatic N) is 2. The van der Waals surface area contributed by atoms with Crippen molar-refractivity contribution in [3.05, 3.63) is 75.3 Å². The molecule has 2 aliphatic heterocycles. The van der Waals surface area contributed by atoms with E-state index in [0.717, 1.165) is 22.6 Å². The Morgan fingerprint density at radius 3 is 2.76 bits per heavy atom. The number of aryl methyl sites for hydroxylation is 1. The van der Waals surface area contributed by atoms with Crippen LogP contribution in [0.1, 0.15) is 51.9 Å². The monoisotopic (exact) mass is 534 g/mol. The van der Waals surface area contributed by atoms with E-state index in [9.17, 15) is 19.5 Å². The van der Waals surface area contributed by atoms with E-state index in [2.05, 4.69) is 4.98 Å². The zero-order valence-electron chi connectivity index (χ0n) is 21.3. The summed E-state index contributed by atoms with van der Waals surface area (Å²) in [6.07, 6.45) is 0.672. The number of aromatic nitrogens is 1. The van der Waals surface area contributed by atoms with Crippen molar-refractivity contribution in [3.8, 4) is 11.5 Å². The fourth-order valence-electron chi connectivity index (χ4n) is 4.78. The highest BCUT2D eigenvalue weighted by molar-refractivity contribution is 7.17. The van der Waals surface area contributed by atoms with Crippen LogP contribution in [0.2, 0.25) is 0 Å². The number of amides is 1. The number of Topliss-reactive ketones (excluding diaryl/α,β-unsaturated/α-hetero) is 1. The van der Waals surface area contributed by atoms with Crippen LogP contribution in [0, 0.1) is 6.92 Å². The summed E-state index contributed by atoms with van der Waals surface area (Å²) >= 11 is 0.949. The van der Waals surface area contributed by atoms with E-state index in [1.807, 2.05) is 13.8 Å². The summed E-state index contributed by atoms with van der Waals surface area (Å²) in [7, 11) is 1.26. The van der Waals surface area contributed by atoms with Crippen LogP contribution in [0.15, 0.2) is 48.0 Å². The minimum Gasteiger partial charge on any atom is -0.507 e. The minimum atomic E-state index is -1.00. The fourth-order valence-corrected chi connectivity index (χ4v) is 5.79. The van der Waals surface area contributed by atoms with Crippen LogP contribution in [-0.2, 0) is 20.7 Å². The molecule has 5 rings (SSSR count). The smallest absolute Gasteiger partial charge is 0.350 e. The van der Waals surface area contributed by atoms with Gasteiger partial charge in [0.2, 0.25) is 0 Å². The van der Waals surface area contributed by atoms with E-state index < -0.39 is 23.7 Å². The number of hydrogen-bond donors (Lipinski definition) is 1. The van der Waals surface area contributed by atoms with Gasteiger partial charge in [-0.3, -0.25) is 14.5 Å². The quantitative estimate of drug-likeness (QED) is 0.211. The summed E-state index contributed by atoms with van der Waals surface area (Å²) in [5.74, 6) is -1.34. The second-order valence-electron chi connectivity index (χ2n) is 9.03. The van der Waals surface area contributed by atoms with Crippen molar-refractivity contribution in [1.29, 1.82) is 0 Å². The number of methoxy groups -OCH3 is 1. The van der Waals surface area contributed by atoms with Crippen molar-refractivity contribution < 1.29 is 33.7 Å². The average molecular weight is 535 g/mol. The number of aliphatic hydroxyl groups excluding tert-OH is 1. The van der Waals surface area contributed by atoms with Crippen molar-refractivity contribution >= 4 is 39.9 Å². The van der Waals surface area contributed by atoms with Crippen molar-refractivity contribution in [2.24, 2.45) is 0 Å². The van der Waals surface area contributed by atoms with Crippen LogP contribution in [0.25, 0.3) is 5.76 Å². The maximum atomic E-state index is 13.5. The van der Waals surface area contributed by atoms with Crippen LogP contribution in [-0.4, -0.2) is 47.6 Å². The molecule has 2 atom stereocenters. The van der Waals surface area contributed by atoms with Crippen LogP contribution < -0.4 is 14.4 Å². The molecule has 2 aromatic carbocycles. The number of carbonyl (C=O) groups is 3. The van der Waals surface area contributed by atoms with Crippen molar-refractivity contribution in [3.63, 3.8) is 0 Å². The van der Waals surface area contributed by atoms with Crippen molar-refractivity contribution in [1.82, 2.24) is 4.98 Å². The van der Waals surface area contributed by atoms with Gasteiger partial charge in [0.15, 0.2) is 5.13 Å². The molecule has 1 aromatic heterocycles. The van der Waals surface area contributed by atoms with Gasteiger partial charge in [-0.1, -0.05) is 23.5 Å². The first kappa shape index (κ1) is 25.5. The molecule has 0 aliphatic carbocycles. The zero-order valence-corrected chi connectivity index (χ0v) is 22.1. The highest BCUT2D eigenvalue weighted by Crippen LogP contribution is 2.45. The molecule has 0 unspecified atom stereocenters. The van der Waals surface area contributed by atoms with E-state index in [4.69, 9.17) is 14.2 Å². The Morgan fingerprint density at radius 2 is 2.03 bits per heavy atom. The van der Waals surface area contributed by atoms with Gasteiger partial charge in [-0.15, -0.1) is 0 Å². The maximum Gasteiger partial charge on any atom is 0.350 e. The number of ketones is 1. The number of anilines is 1. The van der Waals surface area contributed by atoms with Gasteiger partial charge < -0.3 is 19.3 Å². The number of fused-ring (bicyclic) bond motifs is 1. The Kier molecular flexibility index (Phi) is 6.66. The zero-order chi connectivity index (χ0) is 27.1. The molecule has 196 valence electrons. The lowest BCUT2D eigenvalue weighted by molar-refractivity contribution is -0.132. The van der Waals surface area contributed by atoms with Gasteiger partial charge in [0.25, 0.3) is 5.78 Å². The van der Waals surface area contributed by atoms with Gasteiger partial charge in [0.05, 0.1) is 31.0 Å². The Morgan fingerprint density at radius 1 is 1.24 bits per heavy atom. The molecular weight excluding hydrogens is 508 g/mol. The summed E-state index contributed by atoms with van der Waals surface area (Å²) in [4.78, 5) is 45.1. The molecule has 0 saturated carbocycles. The average Bonchev–Trinajstić information content (AvgIpc) is 3.55. The van der Waals surface area contributed by atoms with Crippen LogP contribution in [0.5, 0.6) is 11.5 Å². The molecule has 1 fully saturated rings. The minimum absolute atomic E-state index is 0.00595. The predicted octanol–water partition coefficient (Wildman–Crippen LogP) is 4.59. The molecule has 1 N–H and O–H groups in total. The summed E-state index contributed by atoms with van der Waals surface area (Å²) in [5, 5.41) is 11.6. The number of aliphatic hydroxyl groups is 1. The first-order valence-corrected chi connectivity index (χ1v) is 12.9. The summed E-state index contributed by atoms with van der Waals surface area (Å²) in [6, 6.07) is 11.2. The summed E-state index contributed by atoms with van der Waals surface area (Å²) in [6.45, 7) is 5.85. The van der Waals surface area contributed by atoms with Crippen LogP contribution in [0.3, 0.4) is 0 Å². The molecule has 10 heteroatoms. The molecule has 2 aliphatic rings. The molecular formula is C28H26N2O7S. The molecule has 1 saturated heterocycles. The number of esters is 1. The second-order valence-corrected chi connectivity index (χ2v) is 10.0. The molecule has 0 spiro atoms. The van der Waals surface area contributed by atoms with Gasteiger partial charge in [-0.25, -0.2) is 9.78 Å². The number of benzene rings is 2. The molecule has 3 heterocycles.